The minimum atomic E-state index is -0.977. The third-order valence-electron chi connectivity index (χ3n) is 3.69. The highest BCUT2D eigenvalue weighted by Gasteiger charge is 2.39. The van der Waals surface area contributed by atoms with Gasteiger partial charge in [-0.25, -0.2) is 14.8 Å². The van der Waals surface area contributed by atoms with Crippen molar-refractivity contribution < 1.29 is 14.6 Å². The number of methoxy groups -OCH3 is 1. The topological polar surface area (TPSA) is 72.3 Å². The smallest absolute Gasteiger partial charge is 0.339 e. The maximum Gasteiger partial charge on any atom is 0.339 e. The van der Waals surface area contributed by atoms with Crippen molar-refractivity contribution >= 4 is 5.97 Å². The van der Waals surface area contributed by atoms with Crippen molar-refractivity contribution in [1.82, 2.24) is 9.97 Å². The van der Waals surface area contributed by atoms with Crippen LogP contribution in [0.15, 0.2) is 0 Å². The van der Waals surface area contributed by atoms with Crippen molar-refractivity contribution in [3.05, 3.63) is 22.8 Å². The number of hydrogen-bond acceptors (Lipinski definition) is 4. The maximum atomic E-state index is 11.1. The molecule has 0 unspecified atom stereocenters. The molecule has 1 fully saturated rings. The molecule has 0 aliphatic heterocycles. The number of carboxylic acids is 1. The number of carbonyl (C=O) groups is 1. The summed E-state index contributed by atoms with van der Waals surface area (Å²) in [5, 5.41) is 9.11. The summed E-state index contributed by atoms with van der Waals surface area (Å²) in [7, 11) is 1.67. The van der Waals surface area contributed by atoms with Crippen molar-refractivity contribution in [3.63, 3.8) is 0 Å². The molecule has 0 radical (unpaired) electrons. The lowest BCUT2D eigenvalue weighted by molar-refractivity contribution is -0.0166. The monoisotopic (exact) mass is 250 g/mol. The summed E-state index contributed by atoms with van der Waals surface area (Å²) in [5.41, 5.74) is 0.789. The molecule has 1 aliphatic rings. The molecular weight excluding hydrogens is 232 g/mol. The van der Waals surface area contributed by atoms with Crippen LogP contribution in [0.5, 0.6) is 0 Å². The van der Waals surface area contributed by atoms with Gasteiger partial charge in [-0.1, -0.05) is 0 Å². The largest absolute Gasteiger partial charge is 0.478 e. The zero-order valence-electron chi connectivity index (χ0n) is 11.0. The molecule has 1 N–H and O–H groups in total. The third-order valence-corrected chi connectivity index (χ3v) is 3.69. The summed E-state index contributed by atoms with van der Waals surface area (Å²) < 4.78 is 5.62. The molecule has 0 spiro atoms. The first kappa shape index (κ1) is 13.0. The first-order chi connectivity index (χ1) is 8.50. The molecule has 0 saturated heterocycles. The predicted octanol–water partition coefficient (Wildman–Crippen LogP) is 2.21. The summed E-state index contributed by atoms with van der Waals surface area (Å²) in [6.45, 7) is 3.42. The molecular formula is C13H18N2O3. The van der Waals surface area contributed by atoms with Crippen LogP contribution in [0.1, 0.15) is 53.3 Å². The Hall–Kier alpha value is -1.49. The second-order valence-corrected chi connectivity index (χ2v) is 4.80. The molecule has 5 nitrogen and oxygen atoms in total. The van der Waals surface area contributed by atoms with E-state index in [1.807, 2.05) is 0 Å². The number of hydrogen-bond donors (Lipinski definition) is 1. The average molecular weight is 250 g/mol. The van der Waals surface area contributed by atoms with Crippen molar-refractivity contribution in [2.75, 3.05) is 7.11 Å². The zero-order chi connectivity index (χ0) is 13.3. The number of aromatic carboxylic acids is 1. The number of rotatable bonds is 3. The van der Waals surface area contributed by atoms with E-state index in [2.05, 4.69) is 9.97 Å². The van der Waals surface area contributed by atoms with Gasteiger partial charge in [0, 0.05) is 7.11 Å². The minimum absolute atomic E-state index is 0.197. The van der Waals surface area contributed by atoms with Crippen LogP contribution in [0, 0.1) is 13.8 Å². The molecule has 5 heteroatoms. The molecule has 0 atom stereocenters. The van der Waals surface area contributed by atoms with Crippen molar-refractivity contribution in [1.29, 1.82) is 0 Å². The number of ether oxygens (including phenoxy) is 1. The van der Waals surface area contributed by atoms with E-state index < -0.39 is 11.6 Å². The number of nitrogens with zero attached hydrogens (tertiary/aromatic N) is 2. The number of carboxylic acid groups (broad SMARTS) is 1. The van der Waals surface area contributed by atoms with Gasteiger partial charge >= 0.3 is 5.97 Å². The van der Waals surface area contributed by atoms with Gasteiger partial charge in [-0.15, -0.1) is 0 Å². The molecule has 2 rings (SSSR count). The second-order valence-electron chi connectivity index (χ2n) is 4.80. The van der Waals surface area contributed by atoms with Crippen LogP contribution in [-0.4, -0.2) is 28.2 Å². The van der Waals surface area contributed by atoms with Crippen LogP contribution in [-0.2, 0) is 10.3 Å². The van der Waals surface area contributed by atoms with E-state index in [9.17, 15) is 4.79 Å². The summed E-state index contributed by atoms with van der Waals surface area (Å²) in [6.07, 6.45) is 3.98. The Morgan fingerprint density at radius 2 is 1.72 bits per heavy atom. The molecule has 0 bridgehead atoms. The van der Waals surface area contributed by atoms with Gasteiger partial charge < -0.3 is 9.84 Å². The van der Waals surface area contributed by atoms with Crippen molar-refractivity contribution in [2.24, 2.45) is 0 Å². The van der Waals surface area contributed by atoms with E-state index in [-0.39, 0.29) is 5.56 Å². The normalized spacial score (nSPS) is 17.9. The Balaban J connectivity index is 2.50. The number of aryl methyl sites for hydroxylation is 2. The van der Waals surface area contributed by atoms with E-state index in [4.69, 9.17) is 9.84 Å². The molecule has 18 heavy (non-hydrogen) atoms. The van der Waals surface area contributed by atoms with Crippen LogP contribution in [0.25, 0.3) is 0 Å². The lowest BCUT2D eigenvalue weighted by Gasteiger charge is -2.26. The molecule has 1 saturated carbocycles. The lowest BCUT2D eigenvalue weighted by Crippen LogP contribution is -2.28. The van der Waals surface area contributed by atoms with Crippen molar-refractivity contribution in [3.8, 4) is 0 Å². The van der Waals surface area contributed by atoms with Gasteiger partial charge in [-0.05, 0) is 39.5 Å². The van der Waals surface area contributed by atoms with Gasteiger partial charge in [-0.3, -0.25) is 0 Å². The highest BCUT2D eigenvalue weighted by atomic mass is 16.5. The van der Waals surface area contributed by atoms with Crippen LogP contribution < -0.4 is 0 Å². The van der Waals surface area contributed by atoms with Gasteiger partial charge in [0.1, 0.15) is 11.2 Å². The Bertz CT molecular complexity index is 456. The highest BCUT2D eigenvalue weighted by molar-refractivity contribution is 5.89. The molecule has 0 amide bonds. The second kappa shape index (κ2) is 4.65. The first-order valence-corrected chi connectivity index (χ1v) is 6.14. The Morgan fingerprint density at radius 3 is 2.11 bits per heavy atom. The van der Waals surface area contributed by atoms with Crippen molar-refractivity contribution in [2.45, 2.75) is 45.1 Å². The van der Waals surface area contributed by atoms with E-state index in [0.717, 1.165) is 25.7 Å². The third kappa shape index (κ3) is 1.99. The molecule has 1 aromatic heterocycles. The minimum Gasteiger partial charge on any atom is -0.478 e. The molecule has 0 aromatic carbocycles. The van der Waals surface area contributed by atoms with Gasteiger partial charge in [0.15, 0.2) is 5.82 Å². The predicted molar refractivity (Wildman–Crippen MR) is 65.6 cm³/mol. The van der Waals surface area contributed by atoms with Crippen LogP contribution in [0.3, 0.4) is 0 Å². The van der Waals surface area contributed by atoms with Gasteiger partial charge in [-0.2, -0.15) is 0 Å². The van der Waals surface area contributed by atoms with Crippen LogP contribution in [0.4, 0.5) is 0 Å². The van der Waals surface area contributed by atoms with Gasteiger partial charge in [0.25, 0.3) is 0 Å². The van der Waals surface area contributed by atoms with Crippen LogP contribution >= 0.6 is 0 Å². The summed E-state index contributed by atoms with van der Waals surface area (Å²) in [4.78, 5) is 19.8. The quantitative estimate of drug-likeness (QED) is 0.890. The summed E-state index contributed by atoms with van der Waals surface area (Å²) >= 11 is 0. The Labute approximate surface area is 106 Å². The van der Waals surface area contributed by atoms with Gasteiger partial charge in [0.05, 0.1) is 11.4 Å². The van der Waals surface area contributed by atoms with Crippen LogP contribution in [0.2, 0.25) is 0 Å². The van der Waals surface area contributed by atoms with E-state index in [0.29, 0.717) is 17.2 Å². The number of aromatic nitrogens is 2. The summed E-state index contributed by atoms with van der Waals surface area (Å²) in [5.74, 6) is -0.350. The Kier molecular flexibility index (Phi) is 3.34. The highest BCUT2D eigenvalue weighted by Crippen LogP contribution is 2.40. The average Bonchev–Trinajstić information content (AvgIpc) is 2.77. The lowest BCUT2D eigenvalue weighted by atomic mass is 10.00. The van der Waals surface area contributed by atoms with Gasteiger partial charge in [0.2, 0.25) is 0 Å². The fourth-order valence-electron chi connectivity index (χ4n) is 2.69. The molecule has 1 heterocycles. The first-order valence-electron chi connectivity index (χ1n) is 6.14. The Morgan fingerprint density at radius 1 is 1.22 bits per heavy atom. The van der Waals surface area contributed by atoms with E-state index in [1.165, 1.54) is 0 Å². The fourth-order valence-corrected chi connectivity index (χ4v) is 2.69. The SMILES string of the molecule is COC1(c2nc(C)c(C(=O)O)c(C)n2)CCCC1. The zero-order valence-corrected chi connectivity index (χ0v) is 11.0. The fraction of sp³-hybridized carbons (Fsp3) is 0.615. The standard InChI is InChI=1S/C13H18N2O3/c1-8-10(11(16)17)9(2)15-12(14-8)13(18-3)6-4-5-7-13/h4-7H2,1-3H3,(H,16,17). The molecule has 1 aromatic rings. The molecule has 98 valence electrons. The van der Waals surface area contributed by atoms with E-state index >= 15 is 0 Å². The summed E-state index contributed by atoms with van der Waals surface area (Å²) in [6, 6.07) is 0. The van der Waals surface area contributed by atoms with E-state index in [1.54, 1.807) is 21.0 Å². The molecule has 1 aliphatic carbocycles. The maximum absolute atomic E-state index is 11.1.